The predicted molar refractivity (Wildman–Crippen MR) is 95.1 cm³/mol. The lowest BCUT2D eigenvalue weighted by Crippen LogP contribution is -2.16. The quantitative estimate of drug-likeness (QED) is 0.478. The molecular formula is C18H15BrN4O. The van der Waals surface area contributed by atoms with Crippen LogP contribution in [0.1, 0.15) is 18.4 Å². The van der Waals surface area contributed by atoms with E-state index in [2.05, 4.69) is 39.2 Å². The predicted octanol–water partition coefficient (Wildman–Crippen LogP) is 4.55. The van der Waals surface area contributed by atoms with Crippen LogP contribution in [0, 0.1) is 11.5 Å². The first-order valence-electron chi connectivity index (χ1n) is 7.54. The molecular weight excluding hydrogens is 368 g/mol. The number of aromatic nitrogens is 2. The van der Waals surface area contributed by atoms with Crippen molar-refractivity contribution in [2.75, 3.05) is 4.90 Å². The zero-order valence-corrected chi connectivity index (χ0v) is 14.7. The van der Waals surface area contributed by atoms with Gasteiger partial charge in [-0.15, -0.1) is 10.2 Å². The molecule has 0 amide bonds. The topological polar surface area (TPSA) is 66.0 Å². The standard InChI is InChI=1S/C18H15BrN4O/c1-2-13-5-3-8-16(9-13)23(12-20)11-17-21-22-18(24-17)14-6-4-7-15(19)10-14/h3-10H,2,11H2,1H3. The Kier molecular flexibility index (Phi) is 4.92. The number of benzene rings is 2. The number of halogens is 1. The van der Waals surface area contributed by atoms with Crippen LogP contribution in [0.5, 0.6) is 0 Å². The van der Waals surface area contributed by atoms with Crippen molar-refractivity contribution >= 4 is 21.6 Å². The summed E-state index contributed by atoms with van der Waals surface area (Å²) in [5.74, 6) is 0.833. The number of nitriles is 1. The molecule has 0 spiro atoms. The van der Waals surface area contributed by atoms with Gasteiger partial charge in [-0.25, -0.2) is 0 Å². The van der Waals surface area contributed by atoms with Gasteiger partial charge in [0.25, 0.3) is 0 Å². The molecule has 3 aromatic rings. The summed E-state index contributed by atoms with van der Waals surface area (Å²) >= 11 is 3.42. The second-order valence-electron chi connectivity index (χ2n) is 5.22. The number of hydrogen-bond acceptors (Lipinski definition) is 5. The highest BCUT2D eigenvalue weighted by molar-refractivity contribution is 9.10. The number of hydrogen-bond donors (Lipinski definition) is 0. The first-order chi connectivity index (χ1) is 11.7. The maximum absolute atomic E-state index is 9.44. The van der Waals surface area contributed by atoms with Crippen molar-refractivity contribution in [1.29, 1.82) is 5.26 Å². The molecule has 0 fully saturated rings. The summed E-state index contributed by atoms with van der Waals surface area (Å²) in [5, 5.41) is 17.6. The molecule has 120 valence electrons. The van der Waals surface area contributed by atoms with Gasteiger partial charge in [0.05, 0.1) is 5.69 Å². The van der Waals surface area contributed by atoms with E-state index in [0.717, 1.165) is 22.1 Å². The minimum Gasteiger partial charge on any atom is -0.419 e. The molecule has 0 bridgehead atoms. The fourth-order valence-corrected chi connectivity index (χ4v) is 2.72. The van der Waals surface area contributed by atoms with Crippen LogP contribution in [-0.4, -0.2) is 10.2 Å². The molecule has 3 rings (SSSR count). The van der Waals surface area contributed by atoms with Crippen molar-refractivity contribution in [3.8, 4) is 17.6 Å². The lowest BCUT2D eigenvalue weighted by molar-refractivity contribution is 0.506. The number of rotatable bonds is 5. The summed E-state index contributed by atoms with van der Waals surface area (Å²) in [7, 11) is 0. The zero-order valence-electron chi connectivity index (χ0n) is 13.1. The third kappa shape index (κ3) is 3.63. The van der Waals surface area contributed by atoms with Gasteiger partial charge in [-0.05, 0) is 42.3 Å². The molecule has 6 heteroatoms. The van der Waals surface area contributed by atoms with Gasteiger partial charge in [0.2, 0.25) is 11.8 Å². The summed E-state index contributed by atoms with van der Waals surface area (Å²) in [4.78, 5) is 1.54. The minimum atomic E-state index is 0.241. The lowest BCUT2D eigenvalue weighted by atomic mass is 10.1. The number of nitrogens with zero attached hydrogens (tertiary/aromatic N) is 4. The summed E-state index contributed by atoms with van der Waals surface area (Å²) in [6.45, 7) is 2.32. The molecule has 1 heterocycles. The summed E-state index contributed by atoms with van der Waals surface area (Å²) in [6.07, 6.45) is 3.09. The Hall–Kier alpha value is -2.65. The van der Waals surface area contributed by atoms with Gasteiger partial charge in [-0.2, -0.15) is 5.26 Å². The molecule has 0 saturated carbocycles. The van der Waals surface area contributed by atoms with E-state index in [1.54, 1.807) is 0 Å². The molecule has 0 N–H and O–H groups in total. The zero-order chi connectivity index (χ0) is 16.9. The van der Waals surface area contributed by atoms with Crippen LogP contribution in [0.15, 0.2) is 57.4 Å². The Bertz CT molecular complexity index is 884. The molecule has 1 aromatic heterocycles. The van der Waals surface area contributed by atoms with Gasteiger partial charge in [-0.3, -0.25) is 4.90 Å². The van der Waals surface area contributed by atoms with Gasteiger partial charge in [0.15, 0.2) is 6.19 Å². The lowest BCUT2D eigenvalue weighted by Gasteiger charge is -2.14. The van der Waals surface area contributed by atoms with Crippen molar-refractivity contribution < 1.29 is 4.42 Å². The van der Waals surface area contributed by atoms with E-state index in [1.807, 2.05) is 48.5 Å². The van der Waals surface area contributed by atoms with Crippen molar-refractivity contribution in [3.05, 3.63) is 64.5 Å². The fraction of sp³-hybridized carbons (Fsp3) is 0.167. The minimum absolute atomic E-state index is 0.241. The molecule has 0 aliphatic carbocycles. The highest BCUT2D eigenvalue weighted by Gasteiger charge is 2.14. The summed E-state index contributed by atoms with van der Waals surface area (Å²) < 4.78 is 6.64. The third-order valence-corrected chi connectivity index (χ3v) is 4.08. The average Bonchev–Trinajstić information content (AvgIpc) is 3.08. The Balaban J connectivity index is 1.81. The van der Waals surface area contributed by atoms with Crippen molar-refractivity contribution in [3.63, 3.8) is 0 Å². The largest absolute Gasteiger partial charge is 0.419 e. The van der Waals surface area contributed by atoms with E-state index in [4.69, 9.17) is 4.42 Å². The van der Waals surface area contributed by atoms with Crippen LogP contribution in [-0.2, 0) is 13.0 Å². The Morgan fingerprint density at radius 2 is 2.00 bits per heavy atom. The maximum atomic E-state index is 9.44. The van der Waals surface area contributed by atoms with Gasteiger partial charge in [-0.1, -0.05) is 41.1 Å². The van der Waals surface area contributed by atoms with Crippen molar-refractivity contribution in [2.45, 2.75) is 19.9 Å². The highest BCUT2D eigenvalue weighted by atomic mass is 79.9. The van der Waals surface area contributed by atoms with Crippen molar-refractivity contribution in [1.82, 2.24) is 10.2 Å². The Morgan fingerprint density at radius 3 is 2.75 bits per heavy atom. The summed E-state index contributed by atoms with van der Waals surface area (Å²) in [5.41, 5.74) is 2.83. The van der Waals surface area contributed by atoms with Gasteiger partial charge in [0, 0.05) is 10.0 Å². The first-order valence-corrected chi connectivity index (χ1v) is 8.33. The van der Waals surface area contributed by atoms with E-state index in [1.165, 1.54) is 10.5 Å². The van der Waals surface area contributed by atoms with Crippen LogP contribution in [0.25, 0.3) is 11.5 Å². The Morgan fingerprint density at radius 1 is 1.17 bits per heavy atom. The van der Waals surface area contributed by atoms with E-state index < -0.39 is 0 Å². The molecule has 0 radical (unpaired) electrons. The highest BCUT2D eigenvalue weighted by Crippen LogP contribution is 2.23. The van der Waals surface area contributed by atoms with E-state index >= 15 is 0 Å². The summed E-state index contributed by atoms with van der Waals surface area (Å²) in [6, 6.07) is 15.5. The molecule has 0 unspecified atom stereocenters. The second-order valence-corrected chi connectivity index (χ2v) is 6.14. The van der Waals surface area contributed by atoms with Gasteiger partial charge in [0.1, 0.15) is 6.54 Å². The fourth-order valence-electron chi connectivity index (χ4n) is 2.32. The smallest absolute Gasteiger partial charge is 0.247 e. The molecule has 0 saturated heterocycles. The van der Waals surface area contributed by atoms with E-state index in [9.17, 15) is 5.26 Å². The number of anilines is 1. The molecule has 0 aliphatic heterocycles. The van der Waals surface area contributed by atoms with Crippen molar-refractivity contribution in [2.24, 2.45) is 0 Å². The Labute approximate surface area is 148 Å². The molecule has 0 aliphatic rings. The molecule has 0 atom stereocenters. The third-order valence-electron chi connectivity index (χ3n) is 3.58. The van der Waals surface area contributed by atoms with Gasteiger partial charge >= 0.3 is 0 Å². The van der Waals surface area contributed by atoms with Crippen LogP contribution in [0.4, 0.5) is 5.69 Å². The SMILES string of the molecule is CCc1cccc(N(C#N)Cc2nnc(-c3cccc(Br)c3)o2)c1. The monoisotopic (exact) mass is 382 g/mol. The average molecular weight is 383 g/mol. The second kappa shape index (κ2) is 7.28. The van der Waals surface area contributed by atoms with Crippen LogP contribution in [0.2, 0.25) is 0 Å². The molecule has 24 heavy (non-hydrogen) atoms. The number of aryl methyl sites for hydroxylation is 1. The van der Waals surface area contributed by atoms with Crippen LogP contribution >= 0.6 is 15.9 Å². The van der Waals surface area contributed by atoms with Gasteiger partial charge < -0.3 is 4.42 Å². The normalized spacial score (nSPS) is 10.4. The van der Waals surface area contributed by atoms with E-state index in [0.29, 0.717) is 11.8 Å². The molecule has 5 nitrogen and oxygen atoms in total. The van der Waals surface area contributed by atoms with Crippen LogP contribution < -0.4 is 4.90 Å². The first kappa shape index (κ1) is 16.2. The molecule has 2 aromatic carbocycles. The van der Waals surface area contributed by atoms with Crippen LogP contribution in [0.3, 0.4) is 0 Å². The maximum Gasteiger partial charge on any atom is 0.247 e. The van der Waals surface area contributed by atoms with E-state index in [-0.39, 0.29) is 6.54 Å².